The van der Waals surface area contributed by atoms with Crippen molar-refractivity contribution in [1.82, 2.24) is 4.98 Å². The van der Waals surface area contributed by atoms with Gasteiger partial charge in [-0.3, -0.25) is 4.79 Å². The van der Waals surface area contributed by atoms with E-state index >= 15 is 0 Å². The number of fused-ring (bicyclic) bond motifs is 1. The van der Waals surface area contributed by atoms with Gasteiger partial charge in [0.2, 0.25) is 5.91 Å². The van der Waals surface area contributed by atoms with Gasteiger partial charge in [-0.15, -0.1) is 11.8 Å². The Balaban J connectivity index is 1.55. The van der Waals surface area contributed by atoms with Gasteiger partial charge in [0.25, 0.3) is 0 Å². The van der Waals surface area contributed by atoms with Gasteiger partial charge in [-0.05, 0) is 17.7 Å². The summed E-state index contributed by atoms with van der Waals surface area (Å²) in [6.45, 7) is 0. The zero-order valence-electron chi connectivity index (χ0n) is 11.6. The number of hydrogen-bond donors (Lipinski definition) is 1. The maximum atomic E-state index is 13.6. The minimum atomic E-state index is -0.368. The van der Waals surface area contributed by atoms with Crippen LogP contribution < -0.4 is 5.32 Å². The Morgan fingerprint density at radius 2 is 2.00 bits per heavy atom. The molecule has 0 aliphatic rings. The Morgan fingerprint density at radius 3 is 2.77 bits per heavy atom. The molecular weight excluding hydrogens is 319 g/mol. The Morgan fingerprint density at radius 1 is 1.18 bits per heavy atom. The Kier molecular flexibility index (Phi) is 4.70. The number of carbonyl (C=O) groups is 1. The zero-order chi connectivity index (χ0) is 15.4. The molecule has 0 unspecified atom stereocenters. The number of para-hydroxylation sites is 1. The maximum Gasteiger partial charge on any atom is 0.236 e. The molecule has 0 saturated carbocycles. The standard InChI is InChI=1S/C16H13FN2OS2/c17-12-7-4-8-13-15(12)19-16(22-13)18-14(20)10-21-9-11-5-2-1-3-6-11/h1-8H,9-10H2,(H,18,19,20). The van der Waals surface area contributed by atoms with Crippen molar-refractivity contribution in [2.24, 2.45) is 0 Å². The van der Waals surface area contributed by atoms with Gasteiger partial charge in [0, 0.05) is 5.75 Å². The third-order valence-electron chi connectivity index (χ3n) is 2.96. The summed E-state index contributed by atoms with van der Waals surface area (Å²) in [5, 5.41) is 3.16. The number of nitrogens with one attached hydrogen (secondary N) is 1. The number of rotatable bonds is 5. The summed E-state index contributed by atoms with van der Waals surface area (Å²) >= 11 is 2.81. The Bertz CT molecular complexity index is 789. The number of benzene rings is 2. The molecule has 0 aliphatic carbocycles. The Hall–Kier alpha value is -1.92. The van der Waals surface area contributed by atoms with Gasteiger partial charge >= 0.3 is 0 Å². The molecule has 1 amide bonds. The number of nitrogens with zero attached hydrogens (tertiary/aromatic N) is 1. The lowest BCUT2D eigenvalue weighted by Crippen LogP contribution is -2.13. The molecule has 0 radical (unpaired) electrons. The summed E-state index contributed by atoms with van der Waals surface area (Å²) in [5.74, 6) is 0.629. The highest BCUT2D eigenvalue weighted by atomic mass is 32.2. The third kappa shape index (κ3) is 3.64. The summed E-state index contributed by atoms with van der Waals surface area (Å²) in [5.41, 5.74) is 1.49. The molecule has 3 aromatic rings. The summed E-state index contributed by atoms with van der Waals surface area (Å²) in [7, 11) is 0. The SMILES string of the molecule is O=C(CSCc1ccccc1)Nc1nc2c(F)cccc2s1. The van der Waals surface area contributed by atoms with Gasteiger partial charge in [-0.25, -0.2) is 9.37 Å². The monoisotopic (exact) mass is 332 g/mol. The molecule has 0 saturated heterocycles. The molecule has 22 heavy (non-hydrogen) atoms. The minimum Gasteiger partial charge on any atom is -0.301 e. The van der Waals surface area contributed by atoms with Crippen LogP contribution in [0.3, 0.4) is 0 Å². The molecule has 1 aromatic heterocycles. The number of aromatic nitrogens is 1. The first-order valence-electron chi connectivity index (χ1n) is 6.69. The van der Waals surface area contributed by atoms with E-state index in [1.54, 1.807) is 12.1 Å². The molecular formula is C16H13FN2OS2. The van der Waals surface area contributed by atoms with E-state index < -0.39 is 0 Å². The first kappa shape index (κ1) is 15.0. The first-order chi connectivity index (χ1) is 10.7. The fraction of sp³-hybridized carbons (Fsp3) is 0.125. The van der Waals surface area contributed by atoms with Gasteiger partial charge in [-0.2, -0.15) is 0 Å². The molecule has 0 aliphatic heterocycles. The largest absolute Gasteiger partial charge is 0.301 e. The van der Waals surface area contributed by atoms with E-state index in [0.29, 0.717) is 16.4 Å². The van der Waals surface area contributed by atoms with Gasteiger partial charge in [0.1, 0.15) is 11.3 Å². The highest BCUT2D eigenvalue weighted by molar-refractivity contribution is 7.99. The predicted octanol–water partition coefficient (Wildman–Crippen LogP) is 4.31. The van der Waals surface area contributed by atoms with Crippen molar-refractivity contribution in [2.45, 2.75) is 5.75 Å². The molecule has 3 nitrogen and oxygen atoms in total. The lowest BCUT2D eigenvalue weighted by Gasteiger charge is -2.02. The molecule has 112 valence electrons. The van der Waals surface area contributed by atoms with Crippen LogP contribution >= 0.6 is 23.1 Å². The molecule has 0 spiro atoms. The summed E-state index contributed by atoms with van der Waals surface area (Å²) in [4.78, 5) is 16.0. The van der Waals surface area contributed by atoms with E-state index in [-0.39, 0.29) is 11.7 Å². The summed E-state index contributed by atoms with van der Waals surface area (Å²) in [6.07, 6.45) is 0. The zero-order valence-corrected chi connectivity index (χ0v) is 13.2. The van der Waals surface area contributed by atoms with Crippen LogP contribution in [-0.4, -0.2) is 16.6 Å². The normalized spacial score (nSPS) is 10.8. The lowest BCUT2D eigenvalue weighted by atomic mass is 10.2. The van der Waals surface area contributed by atoms with Gasteiger partial charge < -0.3 is 5.32 Å². The molecule has 3 rings (SSSR count). The number of thioether (sulfide) groups is 1. The second-order valence-electron chi connectivity index (χ2n) is 4.63. The smallest absolute Gasteiger partial charge is 0.236 e. The first-order valence-corrected chi connectivity index (χ1v) is 8.66. The molecule has 6 heteroatoms. The molecule has 0 fully saturated rings. The van der Waals surface area contributed by atoms with Crippen LogP contribution in [-0.2, 0) is 10.5 Å². The summed E-state index contributed by atoms with van der Waals surface area (Å²) in [6, 6.07) is 14.8. The number of halogens is 1. The fourth-order valence-corrected chi connectivity index (χ4v) is 3.64. The van der Waals surface area contributed by atoms with Crippen LogP contribution in [0.5, 0.6) is 0 Å². The van der Waals surface area contributed by atoms with E-state index in [2.05, 4.69) is 10.3 Å². The Labute approximate surface area is 135 Å². The molecule has 0 atom stereocenters. The van der Waals surface area contributed by atoms with E-state index in [0.717, 1.165) is 10.5 Å². The van der Waals surface area contributed by atoms with Crippen LogP contribution in [0.1, 0.15) is 5.56 Å². The predicted molar refractivity (Wildman–Crippen MR) is 90.8 cm³/mol. The lowest BCUT2D eigenvalue weighted by molar-refractivity contribution is -0.113. The average Bonchev–Trinajstić information content (AvgIpc) is 2.92. The van der Waals surface area contributed by atoms with Crippen molar-refractivity contribution in [2.75, 3.05) is 11.1 Å². The van der Waals surface area contributed by atoms with Crippen molar-refractivity contribution >= 4 is 44.4 Å². The quantitative estimate of drug-likeness (QED) is 0.757. The van der Waals surface area contributed by atoms with Crippen LogP contribution in [0.4, 0.5) is 9.52 Å². The van der Waals surface area contributed by atoms with Crippen molar-refractivity contribution in [3.8, 4) is 0 Å². The van der Waals surface area contributed by atoms with Gasteiger partial charge in [-0.1, -0.05) is 47.7 Å². The van der Waals surface area contributed by atoms with E-state index in [4.69, 9.17) is 0 Å². The third-order valence-corrected chi connectivity index (χ3v) is 4.90. The van der Waals surface area contributed by atoms with Crippen molar-refractivity contribution < 1.29 is 9.18 Å². The highest BCUT2D eigenvalue weighted by Gasteiger charge is 2.10. The highest BCUT2D eigenvalue weighted by Crippen LogP contribution is 2.27. The van der Waals surface area contributed by atoms with Crippen molar-refractivity contribution in [3.63, 3.8) is 0 Å². The van der Waals surface area contributed by atoms with Gasteiger partial charge in [0.05, 0.1) is 10.5 Å². The minimum absolute atomic E-state index is 0.125. The topological polar surface area (TPSA) is 42.0 Å². The average molecular weight is 332 g/mol. The van der Waals surface area contributed by atoms with Crippen LogP contribution in [0.25, 0.3) is 10.2 Å². The van der Waals surface area contributed by atoms with E-state index in [9.17, 15) is 9.18 Å². The fourth-order valence-electron chi connectivity index (χ4n) is 1.96. The van der Waals surface area contributed by atoms with E-state index in [1.165, 1.54) is 34.7 Å². The number of anilines is 1. The second kappa shape index (κ2) is 6.89. The number of amides is 1. The van der Waals surface area contributed by atoms with Gasteiger partial charge in [0.15, 0.2) is 5.13 Å². The molecule has 0 bridgehead atoms. The molecule has 1 N–H and O–H groups in total. The summed E-state index contributed by atoms with van der Waals surface area (Å²) < 4.78 is 14.3. The number of carbonyl (C=O) groups excluding carboxylic acids is 1. The van der Waals surface area contributed by atoms with Crippen molar-refractivity contribution in [3.05, 3.63) is 59.9 Å². The number of thiazole rings is 1. The molecule has 2 aromatic carbocycles. The number of hydrogen-bond acceptors (Lipinski definition) is 4. The molecule has 1 heterocycles. The van der Waals surface area contributed by atoms with Crippen LogP contribution in [0.15, 0.2) is 48.5 Å². The second-order valence-corrected chi connectivity index (χ2v) is 6.65. The maximum absolute atomic E-state index is 13.6. The van der Waals surface area contributed by atoms with Crippen LogP contribution in [0, 0.1) is 5.82 Å². The van der Waals surface area contributed by atoms with Crippen molar-refractivity contribution in [1.29, 1.82) is 0 Å². The van der Waals surface area contributed by atoms with Crippen LogP contribution in [0.2, 0.25) is 0 Å². The van der Waals surface area contributed by atoms with E-state index in [1.807, 2.05) is 30.3 Å².